The van der Waals surface area contributed by atoms with E-state index in [-0.39, 0.29) is 18.1 Å². The first-order chi connectivity index (χ1) is 15.4. The molecule has 32 heavy (non-hydrogen) atoms. The SMILES string of the molecule is CCN(CC)CCN(Cc1cc2cccc(C)c2[nH]c1=O)C(=O)Nc1ccc(OC)cc1. The van der Waals surface area contributed by atoms with Crippen molar-refractivity contribution in [1.82, 2.24) is 14.8 Å². The van der Waals surface area contributed by atoms with Gasteiger partial charge in [-0.05, 0) is 61.3 Å². The van der Waals surface area contributed by atoms with Crippen LogP contribution in [0.1, 0.15) is 25.0 Å². The second kappa shape index (κ2) is 10.8. The van der Waals surface area contributed by atoms with Gasteiger partial charge in [0.1, 0.15) is 5.75 Å². The molecule has 0 radical (unpaired) electrons. The van der Waals surface area contributed by atoms with Crippen molar-refractivity contribution in [2.45, 2.75) is 27.3 Å². The Kier molecular flexibility index (Phi) is 7.89. The summed E-state index contributed by atoms with van der Waals surface area (Å²) in [5, 5.41) is 3.90. The average Bonchev–Trinajstić information content (AvgIpc) is 2.80. The highest BCUT2D eigenvalue weighted by Crippen LogP contribution is 2.18. The largest absolute Gasteiger partial charge is 0.497 e. The molecule has 2 aromatic carbocycles. The molecule has 7 nitrogen and oxygen atoms in total. The van der Waals surface area contributed by atoms with E-state index in [2.05, 4.69) is 29.0 Å². The molecule has 0 aliphatic rings. The van der Waals surface area contributed by atoms with Crippen molar-refractivity contribution in [3.63, 3.8) is 0 Å². The molecule has 3 aromatic rings. The Bertz CT molecular complexity index is 1100. The van der Waals surface area contributed by atoms with E-state index in [4.69, 9.17) is 4.74 Å². The van der Waals surface area contributed by atoms with Crippen LogP contribution in [-0.4, -0.2) is 54.1 Å². The number of ether oxygens (including phenoxy) is 1. The van der Waals surface area contributed by atoms with Gasteiger partial charge < -0.3 is 24.8 Å². The van der Waals surface area contributed by atoms with E-state index in [0.29, 0.717) is 17.8 Å². The number of pyridine rings is 1. The molecule has 1 heterocycles. The number of hydrogen-bond acceptors (Lipinski definition) is 4. The Morgan fingerprint density at radius 2 is 1.78 bits per heavy atom. The number of anilines is 1. The highest BCUT2D eigenvalue weighted by Gasteiger charge is 2.18. The zero-order valence-electron chi connectivity index (χ0n) is 19.3. The maximum atomic E-state index is 13.1. The van der Waals surface area contributed by atoms with Gasteiger partial charge in [0.25, 0.3) is 5.56 Å². The molecule has 1 aromatic heterocycles. The number of carbonyl (C=O) groups is 1. The van der Waals surface area contributed by atoms with Crippen LogP contribution in [0.3, 0.4) is 0 Å². The molecule has 2 amide bonds. The second-order valence-corrected chi connectivity index (χ2v) is 7.77. The first-order valence-corrected chi connectivity index (χ1v) is 11.0. The number of hydrogen-bond donors (Lipinski definition) is 2. The summed E-state index contributed by atoms with van der Waals surface area (Å²) in [5.41, 5.74) is 2.91. The minimum absolute atomic E-state index is 0.170. The average molecular weight is 437 g/mol. The number of urea groups is 1. The molecule has 170 valence electrons. The minimum Gasteiger partial charge on any atom is -0.497 e. The van der Waals surface area contributed by atoms with Crippen LogP contribution in [0.4, 0.5) is 10.5 Å². The van der Waals surface area contributed by atoms with Crippen molar-refractivity contribution < 1.29 is 9.53 Å². The number of aromatic nitrogens is 1. The van der Waals surface area contributed by atoms with Crippen LogP contribution in [0.15, 0.2) is 53.3 Å². The smallest absolute Gasteiger partial charge is 0.322 e. The normalized spacial score (nSPS) is 11.0. The highest BCUT2D eigenvalue weighted by atomic mass is 16.5. The molecule has 0 aliphatic carbocycles. The number of para-hydroxylation sites is 1. The Balaban J connectivity index is 1.84. The highest BCUT2D eigenvalue weighted by molar-refractivity contribution is 5.89. The molecular weight excluding hydrogens is 404 g/mol. The summed E-state index contributed by atoms with van der Waals surface area (Å²) in [6, 6.07) is 14.7. The van der Waals surface area contributed by atoms with E-state index in [0.717, 1.165) is 41.9 Å². The van der Waals surface area contributed by atoms with E-state index in [1.165, 1.54) is 0 Å². The second-order valence-electron chi connectivity index (χ2n) is 7.77. The summed E-state index contributed by atoms with van der Waals surface area (Å²) >= 11 is 0. The molecule has 0 saturated heterocycles. The predicted molar refractivity (Wildman–Crippen MR) is 130 cm³/mol. The third-order valence-electron chi connectivity index (χ3n) is 5.74. The summed E-state index contributed by atoms with van der Waals surface area (Å²) in [5.74, 6) is 0.722. The van der Waals surface area contributed by atoms with Gasteiger partial charge >= 0.3 is 6.03 Å². The Hall–Kier alpha value is -3.32. The fraction of sp³-hybridized carbons (Fsp3) is 0.360. The minimum atomic E-state index is -0.244. The number of methoxy groups -OCH3 is 1. The van der Waals surface area contributed by atoms with Gasteiger partial charge in [-0.3, -0.25) is 4.79 Å². The number of H-pyrrole nitrogens is 1. The first kappa shape index (κ1) is 23.3. The zero-order chi connectivity index (χ0) is 23.1. The molecule has 0 saturated carbocycles. The number of nitrogens with one attached hydrogen (secondary N) is 2. The fourth-order valence-corrected chi connectivity index (χ4v) is 3.68. The number of benzene rings is 2. The van der Waals surface area contributed by atoms with Gasteiger partial charge in [-0.15, -0.1) is 0 Å². The molecule has 2 N–H and O–H groups in total. The van der Waals surface area contributed by atoms with Gasteiger partial charge in [-0.1, -0.05) is 32.0 Å². The van der Waals surface area contributed by atoms with Gasteiger partial charge in [0.2, 0.25) is 0 Å². The number of likely N-dealkylation sites (N-methyl/N-ethyl adjacent to an activating group) is 1. The monoisotopic (exact) mass is 436 g/mol. The number of aryl methyl sites for hydroxylation is 1. The van der Waals surface area contributed by atoms with Crippen LogP contribution in [0, 0.1) is 6.92 Å². The molecular formula is C25H32N4O3. The van der Waals surface area contributed by atoms with E-state index >= 15 is 0 Å². The lowest BCUT2D eigenvalue weighted by molar-refractivity contribution is 0.194. The van der Waals surface area contributed by atoms with Gasteiger partial charge in [0.15, 0.2) is 0 Å². The third kappa shape index (κ3) is 5.68. The number of amides is 2. The molecule has 0 unspecified atom stereocenters. The van der Waals surface area contributed by atoms with Gasteiger partial charge in [-0.25, -0.2) is 4.79 Å². The Morgan fingerprint density at radius 3 is 2.44 bits per heavy atom. The number of nitrogens with zero attached hydrogens (tertiary/aromatic N) is 2. The number of carbonyl (C=O) groups excluding carboxylic acids is 1. The van der Waals surface area contributed by atoms with E-state index in [9.17, 15) is 9.59 Å². The number of fused-ring (bicyclic) bond motifs is 1. The Labute approximate surface area is 189 Å². The van der Waals surface area contributed by atoms with Crippen molar-refractivity contribution in [3.8, 4) is 5.75 Å². The summed E-state index contributed by atoms with van der Waals surface area (Å²) in [7, 11) is 1.60. The maximum Gasteiger partial charge on any atom is 0.322 e. The molecule has 0 spiro atoms. The lowest BCUT2D eigenvalue weighted by atomic mass is 10.1. The Morgan fingerprint density at radius 1 is 1.06 bits per heavy atom. The van der Waals surface area contributed by atoms with Crippen molar-refractivity contribution in [2.24, 2.45) is 0 Å². The summed E-state index contributed by atoms with van der Waals surface area (Å²) in [4.78, 5) is 32.9. The van der Waals surface area contributed by atoms with Crippen LogP contribution in [0.25, 0.3) is 10.9 Å². The first-order valence-electron chi connectivity index (χ1n) is 11.0. The van der Waals surface area contributed by atoms with E-state index < -0.39 is 0 Å². The number of rotatable bonds is 9. The van der Waals surface area contributed by atoms with E-state index in [1.54, 1.807) is 36.3 Å². The summed E-state index contributed by atoms with van der Waals surface area (Å²) in [6.07, 6.45) is 0. The molecule has 0 fully saturated rings. The van der Waals surface area contributed by atoms with Crippen molar-refractivity contribution >= 4 is 22.6 Å². The van der Waals surface area contributed by atoms with Gasteiger partial charge in [0.05, 0.1) is 19.2 Å². The van der Waals surface area contributed by atoms with Crippen LogP contribution < -0.4 is 15.6 Å². The predicted octanol–water partition coefficient (Wildman–Crippen LogP) is 4.22. The molecule has 0 bridgehead atoms. The van der Waals surface area contributed by atoms with Crippen LogP contribution in [-0.2, 0) is 6.54 Å². The molecule has 0 aliphatic heterocycles. The fourth-order valence-electron chi connectivity index (χ4n) is 3.68. The zero-order valence-corrected chi connectivity index (χ0v) is 19.3. The van der Waals surface area contributed by atoms with Crippen LogP contribution in [0.5, 0.6) is 5.75 Å². The number of aromatic amines is 1. The summed E-state index contributed by atoms with van der Waals surface area (Å²) < 4.78 is 5.18. The van der Waals surface area contributed by atoms with Crippen LogP contribution in [0.2, 0.25) is 0 Å². The van der Waals surface area contributed by atoms with Crippen molar-refractivity contribution in [2.75, 3.05) is 38.6 Å². The summed E-state index contributed by atoms with van der Waals surface area (Å²) in [6.45, 7) is 9.44. The van der Waals surface area contributed by atoms with Gasteiger partial charge in [-0.2, -0.15) is 0 Å². The molecule has 7 heteroatoms. The standard InChI is InChI=1S/C25H32N4O3/c1-5-28(6-2)14-15-29(25(31)26-21-10-12-22(32-4)13-11-21)17-20-16-19-9-7-8-18(3)23(19)27-24(20)30/h7-13,16H,5-6,14-15,17H2,1-4H3,(H,26,31)(H,27,30). The van der Waals surface area contributed by atoms with Gasteiger partial charge in [0, 0.05) is 24.3 Å². The quantitative estimate of drug-likeness (QED) is 0.526. The maximum absolute atomic E-state index is 13.1. The lowest BCUT2D eigenvalue weighted by Gasteiger charge is -2.26. The van der Waals surface area contributed by atoms with Crippen molar-refractivity contribution in [1.29, 1.82) is 0 Å². The lowest BCUT2D eigenvalue weighted by Crippen LogP contribution is -2.41. The topological polar surface area (TPSA) is 77.7 Å². The van der Waals surface area contributed by atoms with E-state index in [1.807, 2.05) is 31.2 Å². The third-order valence-corrected chi connectivity index (χ3v) is 5.74. The molecule has 3 rings (SSSR count). The van der Waals surface area contributed by atoms with Crippen LogP contribution >= 0.6 is 0 Å². The molecule has 0 atom stereocenters. The van der Waals surface area contributed by atoms with Crippen molar-refractivity contribution in [3.05, 3.63) is 70.0 Å².